The van der Waals surface area contributed by atoms with Crippen LogP contribution in [0.2, 0.25) is 0 Å². The summed E-state index contributed by atoms with van der Waals surface area (Å²) in [5.41, 5.74) is 5.02. The van der Waals surface area contributed by atoms with Crippen LogP contribution in [-0.2, 0) is 32.5 Å². The molecule has 8 nitrogen and oxygen atoms in total. The molecule has 1 fully saturated rings. The fourth-order valence-electron chi connectivity index (χ4n) is 3.94. The number of hydrogen-bond donors (Lipinski definition) is 3. The van der Waals surface area contributed by atoms with E-state index in [1.54, 1.807) is 36.4 Å². The summed E-state index contributed by atoms with van der Waals surface area (Å²) in [5.74, 6) is 5.31. The minimum atomic E-state index is -4.02. The Morgan fingerprint density at radius 1 is 0.892 bits per heavy atom. The van der Waals surface area contributed by atoms with Gasteiger partial charge in [0.15, 0.2) is 0 Å². The quantitative estimate of drug-likeness (QED) is 0.240. The van der Waals surface area contributed by atoms with E-state index in [1.165, 1.54) is 23.2 Å². The molecular formula is C28H29N3O5S. The van der Waals surface area contributed by atoms with Gasteiger partial charge in [-0.25, -0.2) is 13.9 Å². The predicted octanol–water partition coefficient (Wildman–Crippen LogP) is 2.31. The van der Waals surface area contributed by atoms with Crippen molar-refractivity contribution in [2.45, 2.75) is 23.9 Å². The van der Waals surface area contributed by atoms with Crippen LogP contribution in [0.1, 0.15) is 22.3 Å². The molecule has 1 aliphatic heterocycles. The van der Waals surface area contributed by atoms with Gasteiger partial charge in [-0.1, -0.05) is 54.3 Å². The molecule has 1 saturated heterocycles. The van der Waals surface area contributed by atoms with E-state index in [0.29, 0.717) is 5.56 Å². The molecule has 1 heterocycles. The lowest BCUT2D eigenvalue weighted by Crippen LogP contribution is -2.47. The number of carbonyl (C=O) groups is 1. The second kappa shape index (κ2) is 12.6. The van der Waals surface area contributed by atoms with E-state index >= 15 is 0 Å². The first-order chi connectivity index (χ1) is 17.9. The van der Waals surface area contributed by atoms with Gasteiger partial charge < -0.3 is 4.74 Å². The number of hydroxylamine groups is 1. The number of nitrogens with zero attached hydrogens (tertiary/aromatic N) is 1. The van der Waals surface area contributed by atoms with Crippen LogP contribution in [-0.4, -0.2) is 56.8 Å². The van der Waals surface area contributed by atoms with Gasteiger partial charge in [-0.2, -0.15) is 4.72 Å². The van der Waals surface area contributed by atoms with Crippen LogP contribution in [0, 0.1) is 11.8 Å². The van der Waals surface area contributed by atoms with E-state index in [-0.39, 0.29) is 11.3 Å². The average Bonchev–Trinajstić information content (AvgIpc) is 2.93. The number of sulfonamides is 1. The number of benzene rings is 3. The SMILES string of the molecule is O=C(NO)[C@H](Cc1ccccc1)NS(=O)(=O)c1ccc(C#Cc2ccc(CN3CCOCC3)cc2)cc1. The molecule has 0 radical (unpaired) electrons. The molecule has 0 aromatic heterocycles. The van der Waals surface area contributed by atoms with Crippen LogP contribution >= 0.6 is 0 Å². The Morgan fingerprint density at radius 3 is 2.08 bits per heavy atom. The van der Waals surface area contributed by atoms with Gasteiger partial charge in [0.2, 0.25) is 10.0 Å². The van der Waals surface area contributed by atoms with E-state index in [0.717, 1.165) is 44.0 Å². The van der Waals surface area contributed by atoms with Crippen LogP contribution in [0.4, 0.5) is 0 Å². The number of ether oxygens (including phenoxy) is 1. The van der Waals surface area contributed by atoms with Gasteiger partial charge in [0.1, 0.15) is 6.04 Å². The summed E-state index contributed by atoms with van der Waals surface area (Å²) >= 11 is 0. The molecule has 1 amide bonds. The molecule has 0 bridgehead atoms. The summed E-state index contributed by atoms with van der Waals surface area (Å²) in [5, 5.41) is 9.07. The van der Waals surface area contributed by atoms with Crippen LogP contribution in [0.25, 0.3) is 0 Å². The number of amides is 1. The lowest BCUT2D eigenvalue weighted by molar-refractivity contribution is -0.130. The Morgan fingerprint density at radius 2 is 1.49 bits per heavy atom. The normalized spacial score (nSPS) is 14.8. The standard InChI is InChI=1S/C28H29N3O5S/c32-28(29-33)27(20-24-4-2-1-3-5-24)30-37(34,35)26-14-12-23(13-15-26)7-6-22-8-10-25(11-9-22)21-31-16-18-36-19-17-31/h1-5,8-15,27,30,33H,16-21H2,(H,29,32)/t27-/m0/s1. The molecule has 9 heteroatoms. The molecule has 0 unspecified atom stereocenters. The van der Waals surface area contributed by atoms with Crippen LogP contribution in [0.5, 0.6) is 0 Å². The highest BCUT2D eigenvalue weighted by Crippen LogP contribution is 2.13. The maximum Gasteiger partial charge on any atom is 0.261 e. The second-order valence-corrected chi connectivity index (χ2v) is 10.4. The molecule has 3 aromatic carbocycles. The second-order valence-electron chi connectivity index (χ2n) is 8.70. The zero-order valence-corrected chi connectivity index (χ0v) is 21.1. The Hall–Kier alpha value is -3.52. The maximum absolute atomic E-state index is 12.9. The van der Waals surface area contributed by atoms with E-state index in [9.17, 15) is 13.2 Å². The Kier molecular flexibility index (Phi) is 9.06. The van der Waals surface area contributed by atoms with E-state index in [1.807, 2.05) is 18.2 Å². The first-order valence-electron chi connectivity index (χ1n) is 11.9. The number of rotatable bonds is 8. The van der Waals surface area contributed by atoms with Gasteiger partial charge >= 0.3 is 0 Å². The maximum atomic E-state index is 12.9. The average molecular weight is 520 g/mol. The van der Waals surface area contributed by atoms with Crippen molar-refractivity contribution in [2.75, 3.05) is 26.3 Å². The van der Waals surface area contributed by atoms with E-state index < -0.39 is 22.0 Å². The van der Waals surface area contributed by atoms with Crippen molar-refractivity contribution < 1.29 is 23.2 Å². The Bertz CT molecular complexity index is 1340. The molecular weight excluding hydrogens is 490 g/mol. The predicted molar refractivity (Wildman–Crippen MR) is 139 cm³/mol. The summed E-state index contributed by atoms with van der Waals surface area (Å²) in [6, 6.07) is 22.0. The topological polar surface area (TPSA) is 108 Å². The fourth-order valence-corrected chi connectivity index (χ4v) is 5.14. The van der Waals surface area contributed by atoms with Crippen molar-refractivity contribution in [3.8, 4) is 11.8 Å². The summed E-state index contributed by atoms with van der Waals surface area (Å²) in [7, 11) is -4.02. The van der Waals surface area contributed by atoms with E-state index in [4.69, 9.17) is 9.94 Å². The highest BCUT2D eigenvalue weighted by atomic mass is 32.2. The third-order valence-corrected chi connectivity index (χ3v) is 7.47. The molecule has 0 spiro atoms. The minimum Gasteiger partial charge on any atom is -0.379 e. The summed E-state index contributed by atoms with van der Waals surface area (Å²) < 4.78 is 33.6. The lowest BCUT2D eigenvalue weighted by atomic mass is 10.1. The number of hydrogen-bond acceptors (Lipinski definition) is 6. The van der Waals surface area contributed by atoms with Gasteiger partial charge in [0.25, 0.3) is 5.91 Å². The van der Waals surface area contributed by atoms with Crippen molar-refractivity contribution in [2.24, 2.45) is 0 Å². The smallest absolute Gasteiger partial charge is 0.261 e. The molecule has 0 aliphatic carbocycles. The summed E-state index contributed by atoms with van der Waals surface area (Å²) in [6.07, 6.45) is 0.0846. The molecule has 37 heavy (non-hydrogen) atoms. The highest BCUT2D eigenvalue weighted by Gasteiger charge is 2.26. The van der Waals surface area contributed by atoms with Crippen molar-refractivity contribution in [3.63, 3.8) is 0 Å². The monoisotopic (exact) mass is 519 g/mol. The third kappa shape index (κ3) is 7.73. The van der Waals surface area contributed by atoms with E-state index in [2.05, 4.69) is 33.6 Å². The zero-order chi connectivity index (χ0) is 26.1. The fraction of sp³-hybridized carbons (Fsp3) is 0.250. The van der Waals surface area contributed by atoms with Gasteiger partial charge in [-0.05, 0) is 53.9 Å². The Balaban J connectivity index is 1.39. The first-order valence-corrected chi connectivity index (χ1v) is 13.4. The summed E-state index contributed by atoms with van der Waals surface area (Å²) in [6.45, 7) is 4.29. The third-order valence-electron chi connectivity index (χ3n) is 5.99. The van der Waals surface area contributed by atoms with Crippen LogP contribution in [0.3, 0.4) is 0 Å². The molecule has 3 N–H and O–H groups in total. The van der Waals surface area contributed by atoms with Gasteiger partial charge in [-0.3, -0.25) is 14.9 Å². The lowest BCUT2D eigenvalue weighted by Gasteiger charge is -2.26. The van der Waals surface area contributed by atoms with Gasteiger partial charge in [0, 0.05) is 30.8 Å². The highest BCUT2D eigenvalue weighted by molar-refractivity contribution is 7.89. The minimum absolute atomic E-state index is 0.00526. The van der Waals surface area contributed by atoms with Crippen LogP contribution in [0.15, 0.2) is 83.8 Å². The van der Waals surface area contributed by atoms with Crippen molar-refractivity contribution in [3.05, 3.63) is 101 Å². The largest absolute Gasteiger partial charge is 0.379 e. The number of nitrogens with one attached hydrogen (secondary N) is 2. The first kappa shape index (κ1) is 26.5. The molecule has 0 saturated carbocycles. The van der Waals surface area contributed by atoms with Crippen LogP contribution < -0.4 is 10.2 Å². The van der Waals surface area contributed by atoms with Gasteiger partial charge in [0.05, 0.1) is 18.1 Å². The zero-order valence-electron chi connectivity index (χ0n) is 20.3. The molecule has 1 aliphatic rings. The molecule has 1 atom stereocenters. The molecule has 3 aromatic rings. The molecule has 192 valence electrons. The van der Waals surface area contributed by atoms with Crippen molar-refractivity contribution >= 4 is 15.9 Å². The van der Waals surface area contributed by atoms with Crippen molar-refractivity contribution in [1.82, 2.24) is 15.1 Å². The molecule has 4 rings (SSSR count). The number of carbonyl (C=O) groups excluding carboxylic acids is 1. The summed E-state index contributed by atoms with van der Waals surface area (Å²) in [4.78, 5) is 14.5. The van der Waals surface area contributed by atoms with Crippen molar-refractivity contribution in [1.29, 1.82) is 0 Å². The number of morpholine rings is 1. The Labute approximate surface area is 217 Å². The van der Waals surface area contributed by atoms with Gasteiger partial charge in [-0.15, -0.1) is 0 Å².